The topological polar surface area (TPSA) is 85.1 Å². The van der Waals surface area contributed by atoms with Gasteiger partial charge in [0.05, 0.1) is 4.92 Å². The van der Waals surface area contributed by atoms with Crippen molar-refractivity contribution in [3.8, 4) is 0 Å². The quantitative estimate of drug-likeness (QED) is 0.518. The lowest BCUT2D eigenvalue weighted by Gasteiger charge is -2.26. The highest BCUT2D eigenvalue weighted by atomic mass is 32.1. The van der Waals surface area contributed by atoms with E-state index in [2.05, 4.69) is 4.98 Å². The molecule has 1 amide bonds. The molecule has 0 aliphatic rings. The van der Waals surface area contributed by atoms with E-state index in [0.29, 0.717) is 6.20 Å². The first kappa shape index (κ1) is 17.1. The van der Waals surface area contributed by atoms with Crippen molar-refractivity contribution in [2.75, 3.05) is 5.32 Å². The van der Waals surface area contributed by atoms with E-state index in [0.717, 1.165) is 5.32 Å². The van der Waals surface area contributed by atoms with Crippen molar-refractivity contribution in [1.29, 1.82) is 0 Å². The molecule has 1 aromatic heterocycles. The molecule has 21 heavy (non-hydrogen) atoms. The lowest BCUT2D eigenvalue weighted by Crippen LogP contribution is -2.57. The lowest BCUT2D eigenvalue weighted by molar-refractivity contribution is -0.380. The average Bonchev–Trinajstić information content (AvgIpc) is 2.75. The Morgan fingerprint density at radius 1 is 1.24 bits per heavy atom. The molecule has 1 rings (SSSR count). The molecule has 0 atom stereocenters. The van der Waals surface area contributed by atoms with Gasteiger partial charge in [-0.2, -0.15) is 30.7 Å². The van der Waals surface area contributed by atoms with Crippen LogP contribution in [0.5, 0.6) is 0 Å². The Labute approximate surface area is 113 Å². The molecule has 0 radical (unpaired) electrons. The lowest BCUT2D eigenvalue weighted by atomic mass is 10.1. The van der Waals surface area contributed by atoms with E-state index in [1.165, 1.54) is 0 Å². The molecule has 118 valence electrons. The van der Waals surface area contributed by atoms with Crippen LogP contribution in [0.4, 0.5) is 40.9 Å². The maximum Gasteiger partial charge on any atom is 0.460 e. The molecule has 0 saturated heterocycles. The average molecular weight is 341 g/mol. The van der Waals surface area contributed by atoms with Gasteiger partial charge in [-0.15, -0.1) is 0 Å². The number of rotatable bonds is 4. The van der Waals surface area contributed by atoms with Gasteiger partial charge >= 0.3 is 28.9 Å². The maximum absolute atomic E-state index is 12.9. The molecular formula is C7H2F7N3O3S. The van der Waals surface area contributed by atoms with Crippen LogP contribution in [0.25, 0.3) is 0 Å². The van der Waals surface area contributed by atoms with Crippen LogP contribution in [-0.2, 0) is 4.79 Å². The largest absolute Gasteiger partial charge is 0.460 e. The second kappa shape index (κ2) is 5.09. The van der Waals surface area contributed by atoms with Crippen LogP contribution < -0.4 is 5.32 Å². The van der Waals surface area contributed by atoms with Gasteiger partial charge in [-0.3, -0.25) is 20.2 Å². The van der Waals surface area contributed by atoms with E-state index in [4.69, 9.17) is 0 Å². The second-order valence-corrected chi connectivity index (χ2v) is 4.37. The zero-order valence-corrected chi connectivity index (χ0v) is 10.1. The van der Waals surface area contributed by atoms with Gasteiger partial charge in [-0.1, -0.05) is 0 Å². The summed E-state index contributed by atoms with van der Waals surface area (Å²) >= 11 is 0.00193. The fourth-order valence-corrected chi connectivity index (χ4v) is 1.53. The first-order valence-electron chi connectivity index (χ1n) is 4.54. The minimum atomic E-state index is -6.66. The van der Waals surface area contributed by atoms with Crippen molar-refractivity contribution >= 4 is 27.4 Å². The second-order valence-electron chi connectivity index (χ2n) is 3.36. The monoisotopic (exact) mass is 341 g/mol. The van der Waals surface area contributed by atoms with E-state index >= 15 is 0 Å². The summed E-state index contributed by atoms with van der Waals surface area (Å²) in [7, 11) is 0. The van der Waals surface area contributed by atoms with Gasteiger partial charge in [0.1, 0.15) is 6.20 Å². The number of aromatic nitrogens is 1. The summed E-state index contributed by atoms with van der Waals surface area (Å²) in [6, 6.07) is 0. The first-order valence-corrected chi connectivity index (χ1v) is 5.36. The smallest absolute Gasteiger partial charge is 0.296 e. The van der Waals surface area contributed by atoms with Crippen molar-refractivity contribution < 1.29 is 40.5 Å². The van der Waals surface area contributed by atoms with Crippen LogP contribution in [0.3, 0.4) is 0 Å². The van der Waals surface area contributed by atoms with E-state index in [-0.39, 0.29) is 11.3 Å². The number of hydrogen-bond acceptors (Lipinski definition) is 5. The zero-order valence-electron chi connectivity index (χ0n) is 9.25. The summed E-state index contributed by atoms with van der Waals surface area (Å²) in [4.78, 5) is 23.1. The Balaban J connectivity index is 2.98. The number of anilines is 1. The van der Waals surface area contributed by atoms with Crippen molar-refractivity contribution in [2.24, 2.45) is 0 Å². The van der Waals surface area contributed by atoms with E-state index in [1.54, 1.807) is 0 Å². The van der Waals surface area contributed by atoms with Crippen LogP contribution in [0.2, 0.25) is 0 Å². The standard InChI is InChI=1S/C7H2F7N3O3S/c8-5(9,6(10,11)7(12,13)14)3(18)16-4-15-1-2(21-4)17(19)20/h1H,(H,15,16,18). The molecule has 0 aromatic carbocycles. The number of halogens is 7. The van der Waals surface area contributed by atoms with E-state index in [1.807, 2.05) is 0 Å². The molecule has 6 nitrogen and oxygen atoms in total. The molecule has 0 saturated carbocycles. The highest BCUT2D eigenvalue weighted by Crippen LogP contribution is 2.47. The van der Waals surface area contributed by atoms with Crippen LogP contribution >= 0.6 is 11.3 Å². The third-order valence-corrected chi connectivity index (χ3v) is 2.79. The predicted octanol–water partition coefficient (Wildman–Crippen LogP) is 2.82. The van der Waals surface area contributed by atoms with Crippen LogP contribution in [0.1, 0.15) is 0 Å². The van der Waals surface area contributed by atoms with Gasteiger partial charge in [-0.05, 0) is 11.3 Å². The molecule has 1 aromatic rings. The Kier molecular flexibility index (Phi) is 4.13. The Morgan fingerprint density at radius 3 is 2.14 bits per heavy atom. The van der Waals surface area contributed by atoms with Crippen LogP contribution in [0, 0.1) is 10.1 Å². The van der Waals surface area contributed by atoms with Gasteiger partial charge in [-0.25, -0.2) is 4.98 Å². The summed E-state index contributed by atoms with van der Waals surface area (Å²) in [5, 5.41) is 9.54. The summed E-state index contributed by atoms with van der Waals surface area (Å²) in [5.41, 5.74) is 0. The van der Waals surface area contributed by atoms with Crippen molar-refractivity contribution in [3.05, 3.63) is 16.3 Å². The molecule has 14 heteroatoms. The first-order chi connectivity index (χ1) is 9.30. The van der Waals surface area contributed by atoms with Crippen LogP contribution in [0.15, 0.2) is 6.20 Å². The van der Waals surface area contributed by atoms with Gasteiger partial charge < -0.3 is 0 Å². The number of hydrogen-bond donors (Lipinski definition) is 1. The summed E-state index contributed by atoms with van der Waals surface area (Å²) in [6.45, 7) is 0. The summed E-state index contributed by atoms with van der Waals surface area (Å²) < 4.78 is 86.4. The third kappa shape index (κ3) is 3.03. The third-order valence-electron chi connectivity index (χ3n) is 1.93. The van der Waals surface area contributed by atoms with Gasteiger partial charge in [0.25, 0.3) is 0 Å². The number of carbonyl (C=O) groups excluding carboxylic acids is 1. The number of nitrogens with zero attached hydrogens (tertiary/aromatic N) is 2. The highest BCUT2D eigenvalue weighted by molar-refractivity contribution is 7.18. The van der Waals surface area contributed by atoms with Gasteiger partial charge in [0.2, 0.25) is 0 Å². The number of alkyl halides is 7. The molecule has 1 heterocycles. The summed E-state index contributed by atoms with van der Waals surface area (Å²) in [5.74, 6) is -15.7. The van der Waals surface area contributed by atoms with Gasteiger partial charge in [0.15, 0.2) is 5.13 Å². The number of nitrogens with one attached hydrogen (secondary N) is 1. The maximum atomic E-state index is 12.9. The fraction of sp³-hybridized carbons (Fsp3) is 0.429. The molecule has 0 spiro atoms. The summed E-state index contributed by atoms with van der Waals surface area (Å²) in [6.07, 6.45) is -6.16. The number of amides is 1. The fourth-order valence-electron chi connectivity index (χ4n) is 0.904. The SMILES string of the molecule is O=C(Nc1ncc([N+](=O)[O-])s1)C(F)(F)C(F)(F)C(F)(F)F. The predicted molar refractivity (Wildman–Crippen MR) is 53.3 cm³/mol. The van der Waals surface area contributed by atoms with Gasteiger partial charge in [0, 0.05) is 0 Å². The van der Waals surface area contributed by atoms with Crippen molar-refractivity contribution in [2.45, 2.75) is 18.0 Å². The molecule has 0 aliphatic heterocycles. The number of nitro groups is 1. The number of carbonyl (C=O) groups is 1. The Hall–Kier alpha value is -1.99. The molecule has 0 unspecified atom stereocenters. The van der Waals surface area contributed by atoms with Crippen LogP contribution in [-0.4, -0.2) is 33.8 Å². The van der Waals surface area contributed by atoms with Crippen molar-refractivity contribution in [3.63, 3.8) is 0 Å². The Bertz CT molecular complexity index is 570. The van der Waals surface area contributed by atoms with E-state index < -0.39 is 39.0 Å². The minimum absolute atomic E-state index is 0.00193. The number of thiazole rings is 1. The molecule has 1 N–H and O–H groups in total. The minimum Gasteiger partial charge on any atom is -0.296 e. The molecule has 0 bridgehead atoms. The van der Waals surface area contributed by atoms with E-state index in [9.17, 15) is 45.6 Å². The van der Waals surface area contributed by atoms with Crippen molar-refractivity contribution in [1.82, 2.24) is 4.98 Å². The molecule has 0 aliphatic carbocycles. The molecular weight excluding hydrogens is 339 g/mol. The highest BCUT2D eigenvalue weighted by Gasteiger charge is 2.76. The normalized spacial score (nSPS) is 13.1. The Morgan fingerprint density at radius 2 is 1.76 bits per heavy atom. The molecule has 0 fully saturated rings. The zero-order chi connectivity index (χ0) is 16.6.